The van der Waals surface area contributed by atoms with E-state index >= 15 is 0 Å². The van der Waals surface area contributed by atoms with Gasteiger partial charge in [0.15, 0.2) is 10.9 Å². The van der Waals surface area contributed by atoms with Gasteiger partial charge >= 0.3 is 0 Å². The zero-order valence-corrected chi connectivity index (χ0v) is 17.5. The lowest BCUT2D eigenvalue weighted by atomic mass is 10.0. The number of hydrogen-bond acceptors (Lipinski definition) is 6. The minimum atomic E-state index is -0.0909. The molecule has 0 aliphatic heterocycles. The normalized spacial score (nSPS) is 11.1. The van der Waals surface area contributed by atoms with Crippen LogP contribution in [0.15, 0.2) is 63.9 Å². The Kier molecular flexibility index (Phi) is 5.25. The van der Waals surface area contributed by atoms with Gasteiger partial charge in [-0.1, -0.05) is 36.0 Å². The molecule has 0 aliphatic carbocycles. The molecule has 0 aliphatic rings. The van der Waals surface area contributed by atoms with Crippen molar-refractivity contribution < 1.29 is 9.90 Å². The van der Waals surface area contributed by atoms with Gasteiger partial charge in [0.2, 0.25) is 0 Å². The average molecular weight is 423 g/mol. The largest absolute Gasteiger partial charge is 0.508 e. The monoisotopic (exact) mass is 422 g/mol. The maximum Gasteiger partial charge on any atom is 0.262 e. The molecular formula is C22H18N2O3S2. The van der Waals surface area contributed by atoms with E-state index in [0.29, 0.717) is 27.4 Å². The van der Waals surface area contributed by atoms with E-state index in [2.05, 4.69) is 4.98 Å². The van der Waals surface area contributed by atoms with Crippen LogP contribution in [0.2, 0.25) is 0 Å². The number of hydrogen-bond donors (Lipinski definition) is 1. The van der Waals surface area contributed by atoms with E-state index < -0.39 is 0 Å². The van der Waals surface area contributed by atoms with E-state index in [-0.39, 0.29) is 17.1 Å². The molecule has 0 bridgehead atoms. The lowest BCUT2D eigenvalue weighted by Crippen LogP contribution is -2.19. The van der Waals surface area contributed by atoms with Crippen LogP contribution in [0, 0.1) is 6.92 Å². The number of carbonyl (C=O) groups excluding carboxylic acids is 1. The van der Waals surface area contributed by atoms with Gasteiger partial charge < -0.3 is 5.11 Å². The number of aromatic nitrogens is 2. The molecule has 4 aromatic rings. The maximum absolute atomic E-state index is 12.6. The number of thioether (sulfide) groups is 1. The number of benzene rings is 2. The van der Waals surface area contributed by atoms with E-state index in [1.807, 2.05) is 24.4 Å². The Morgan fingerprint density at radius 2 is 1.72 bits per heavy atom. The summed E-state index contributed by atoms with van der Waals surface area (Å²) >= 11 is 2.98. The second kappa shape index (κ2) is 7.85. The number of carbonyl (C=O) groups is 1. The highest BCUT2D eigenvalue weighted by molar-refractivity contribution is 7.98. The molecule has 0 atom stereocenters. The van der Waals surface area contributed by atoms with Gasteiger partial charge in [-0.15, -0.1) is 11.3 Å². The molecule has 146 valence electrons. The van der Waals surface area contributed by atoms with Gasteiger partial charge in [-0.2, -0.15) is 0 Å². The van der Waals surface area contributed by atoms with Crippen molar-refractivity contribution >= 4 is 39.1 Å². The number of phenols is 1. The van der Waals surface area contributed by atoms with Gasteiger partial charge in [0.1, 0.15) is 10.6 Å². The number of ketones is 1. The van der Waals surface area contributed by atoms with Crippen LogP contribution < -0.4 is 5.56 Å². The third-order valence-electron chi connectivity index (χ3n) is 4.67. The van der Waals surface area contributed by atoms with Gasteiger partial charge in [0.25, 0.3) is 5.56 Å². The minimum absolute atomic E-state index is 0.0221. The Bertz CT molecular complexity index is 1260. The molecule has 4 rings (SSSR count). The fourth-order valence-electron chi connectivity index (χ4n) is 3.00. The van der Waals surface area contributed by atoms with Crippen LogP contribution in [0.4, 0.5) is 0 Å². The Hall–Kier alpha value is -2.90. The first-order valence-corrected chi connectivity index (χ1v) is 10.8. The van der Waals surface area contributed by atoms with Gasteiger partial charge in [-0.3, -0.25) is 14.2 Å². The van der Waals surface area contributed by atoms with Crippen LogP contribution in [0.25, 0.3) is 10.2 Å². The predicted octanol–water partition coefficient (Wildman–Crippen LogP) is 4.53. The molecule has 1 N–H and O–H groups in total. The second-order valence-electron chi connectivity index (χ2n) is 6.72. The highest BCUT2D eigenvalue weighted by Crippen LogP contribution is 2.26. The van der Waals surface area contributed by atoms with Crippen LogP contribution in [0.5, 0.6) is 5.75 Å². The topological polar surface area (TPSA) is 72.2 Å². The lowest BCUT2D eigenvalue weighted by Gasteiger charge is -2.08. The molecule has 0 saturated carbocycles. The summed E-state index contributed by atoms with van der Waals surface area (Å²) in [5, 5.41) is 12.7. The highest BCUT2D eigenvalue weighted by atomic mass is 32.2. The van der Waals surface area contributed by atoms with E-state index in [0.717, 1.165) is 16.0 Å². The van der Waals surface area contributed by atoms with Crippen molar-refractivity contribution in [3.63, 3.8) is 0 Å². The Morgan fingerprint density at radius 1 is 1.10 bits per heavy atom. The Labute approximate surface area is 175 Å². The van der Waals surface area contributed by atoms with E-state index in [1.54, 1.807) is 35.9 Å². The number of thiophene rings is 1. The molecule has 2 aromatic heterocycles. The molecule has 0 fully saturated rings. The zero-order chi connectivity index (χ0) is 20.5. The number of phenolic OH excluding ortho intramolecular Hbond substituents is 1. The van der Waals surface area contributed by atoms with Crippen LogP contribution in [0.1, 0.15) is 27.0 Å². The van der Waals surface area contributed by atoms with Gasteiger partial charge in [0.05, 0.1) is 5.39 Å². The quantitative estimate of drug-likeness (QED) is 0.291. The molecule has 0 unspecified atom stereocenters. The summed E-state index contributed by atoms with van der Waals surface area (Å²) in [6.07, 6.45) is 0. The number of fused-ring (bicyclic) bond motifs is 1. The third-order valence-corrected chi connectivity index (χ3v) is 6.76. The first-order valence-electron chi connectivity index (χ1n) is 8.94. The lowest BCUT2D eigenvalue weighted by molar-refractivity contribution is 0.103. The first kappa shape index (κ1) is 19.4. The Morgan fingerprint density at radius 3 is 2.38 bits per heavy atom. The summed E-state index contributed by atoms with van der Waals surface area (Å²) in [6.45, 7) is 1.93. The van der Waals surface area contributed by atoms with Crippen LogP contribution in [-0.4, -0.2) is 20.4 Å². The number of aromatic hydroxyl groups is 1. The van der Waals surface area contributed by atoms with Crippen molar-refractivity contribution in [1.82, 2.24) is 9.55 Å². The van der Waals surface area contributed by atoms with E-state index in [1.165, 1.54) is 35.2 Å². The summed E-state index contributed by atoms with van der Waals surface area (Å²) in [5.74, 6) is 0.684. The molecule has 0 radical (unpaired) electrons. The maximum atomic E-state index is 12.6. The predicted molar refractivity (Wildman–Crippen MR) is 117 cm³/mol. The first-order chi connectivity index (χ1) is 13.9. The van der Waals surface area contributed by atoms with Crippen molar-refractivity contribution in [2.45, 2.75) is 17.8 Å². The molecule has 0 saturated heterocycles. The van der Waals surface area contributed by atoms with Gasteiger partial charge in [-0.05, 0) is 47.7 Å². The smallest absolute Gasteiger partial charge is 0.262 e. The van der Waals surface area contributed by atoms with Crippen molar-refractivity contribution in [2.24, 2.45) is 7.05 Å². The summed E-state index contributed by atoms with van der Waals surface area (Å²) in [5.41, 5.74) is 3.10. The summed E-state index contributed by atoms with van der Waals surface area (Å²) in [6, 6.07) is 13.6. The van der Waals surface area contributed by atoms with Crippen molar-refractivity contribution in [2.75, 3.05) is 0 Å². The van der Waals surface area contributed by atoms with E-state index in [4.69, 9.17) is 0 Å². The standard InChI is InChI=1S/C22H18N2O3S2/c1-13-11-28-20-18(13)21(27)24(2)22(23-20)29-12-14-3-5-15(6-4-14)19(26)16-7-9-17(25)10-8-16/h3-11,25H,12H2,1-2H3. The van der Waals surface area contributed by atoms with Crippen LogP contribution >= 0.6 is 23.1 Å². The van der Waals surface area contributed by atoms with Crippen molar-refractivity contribution in [3.05, 3.63) is 86.5 Å². The SMILES string of the molecule is Cc1csc2nc(SCc3ccc(C(=O)c4ccc(O)cc4)cc3)n(C)c(=O)c12. The molecule has 7 heteroatoms. The number of rotatable bonds is 5. The van der Waals surface area contributed by atoms with Crippen LogP contribution in [0.3, 0.4) is 0 Å². The fourth-order valence-corrected chi connectivity index (χ4v) is 4.89. The summed E-state index contributed by atoms with van der Waals surface area (Å²) in [4.78, 5) is 30.5. The average Bonchev–Trinajstić information content (AvgIpc) is 3.10. The molecule has 2 aromatic carbocycles. The second-order valence-corrected chi connectivity index (χ2v) is 8.52. The zero-order valence-electron chi connectivity index (χ0n) is 15.9. The molecule has 0 amide bonds. The number of nitrogens with zero attached hydrogens (tertiary/aromatic N) is 2. The van der Waals surface area contributed by atoms with Crippen molar-refractivity contribution in [3.8, 4) is 5.75 Å². The molecule has 5 nitrogen and oxygen atoms in total. The molecular weight excluding hydrogens is 404 g/mol. The van der Waals surface area contributed by atoms with Crippen LogP contribution in [-0.2, 0) is 12.8 Å². The van der Waals surface area contributed by atoms with Gasteiger partial charge in [-0.25, -0.2) is 4.98 Å². The van der Waals surface area contributed by atoms with Crippen molar-refractivity contribution in [1.29, 1.82) is 0 Å². The van der Waals surface area contributed by atoms with Gasteiger partial charge in [0, 0.05) is 23.9 Å². The summed E-state index contributed by atoms with van der Waals surface area (Å²) in [7, 11) is 1.74. The Balaban J connectivity index is 1.50. The molecule has 0 spiro atoms. The molecule has 29 heavy (non-hydrogen) atoms. The minimum Gasteiger partial charge on any atom is -0.508 e. The highest BCUT2D eigenvalue weighted by Gasteiger charge is 2.13. The molecule has 2 heterocycles. The fraction of sp³-hybridized carbons (Fsp3) is 0.136. The third kappa shape index (κ3) is 3.83. The summed E-state index contributed by atoms with van der Waals surface area (Å²) < 4.78 is 1.59. The number of aryl methyl sites for hydroxylation is 1. The van der Waals surface area contributed by atoms with E-state index in [9.17, 15) is 14.7 Å².